The molecule has 1 saturated heterocycles. The number of hydrogen-bond donors (Lipinski definition) is 0. The molecule has 1 aromatic carbocycles. The molecule has 104 valence electrons. The van der Waals surface area contributed by atoms with Gasteiger partial charge < -0.3 is 4.90 Å². The Morgan fingerprint density at radius 2 is 2.16 bits per heavy atom. The fraction of sp³-hybridized carbons (Fsp3) is 0.533. The van der Waals surface area contributed by atoms with Crippen molar-refractivity contribution in [3.63, 3.8) is 0 Å². The van der Waals surface area contributed by atoms with E-state index < -0.39 is 0 Å². The van der Waals surface area contributed by atoms with Gasteiger partial charge in [0.2, 0.25) is 0 Å². The SMILES string of the molecule is CCN(CC)C1CCN(c2ccc(C=O)c(Br)c2)C1. The summed E-state index contributed by atoms with van der Waals surface area (Å²) in [7, 11) is 0. The number of hydrogen-bond acceptors (Lipinski definition) is 3. The summed E-state index contributed by atoms with van der Waals surface area (Å²) in [6.07, 6.45) is 2.10. The van der Waals surface area contributed by atoms with E-state index in [0.717, 1.165) is 36.9 Å². The van der Waals surface area contributed by atoms with Gasteiger partial charge in [0.15, 0.2) is 6.29 Å². The lowest BCUT2D eigenvalue weighted by Gasteiger charge is -2.26. The molecule has 2 rings (SSSR count). The zero-order chi connectivity index (χ0) is 13.8. The van der Waals surface area contributed by atoms with Crippen LogP contribution in [-0.2, 0) is 0 Å². The second-order valence-corrected chi connectivity index (χ2v) is 5.79. The van der Waals surface area contributed by atoms with E-state index >= 15 is 0 Å². The molecule has 0 radical (unpaired) electrons. The minimum Gasteiger partial charge on any atom is -0.370 e. The lowest BCUT2D eigenvalue weighted by molar-refractivity contribution is 0.112. The van der Waals surface area contributed by atoms with Crippen LogP contribution in [0.1, 0.15) is 30.6 Å². The fourth-order valence-corrected chi connectivity index (χ4v) is 3.28. The zero-order valence-corrected chi connectivity index (χ0v) is 13.2. The maximum absolute atomic E-state index is 10.8. The Kier molecular flexibility index (Phi) is 4.99. The molecule has 0 aromatic heterocycles. The second kappa shape index (κ2) is 6.53. The molecule has 1 heterocycles. The van der Waals surface area contributed by atoms with Gasteiger partial charge in [-0.05, 0) is 53.6 Å². The molecule has 4 heteroatoms. The summed E-state index contributed by atoms with van der Waals surface area (Å²) in [4.78, 5) is 15.8. The first-order valence-electron chi connectivity index (χ1n) is 6.93. The Bertz CT molecular complexity index is 446. The number of halogens is 1. The fourth-order valence-electron chi connectivity index (χ4n) is 2.82. The van der Waals surface area contributed by atoms with E-state index in [9.17, 15) is 4.79 Å². The van der Waals surface area contributed by atoms with Crippen molar-refractivity contribution in [1.82, 2.24) is 4.90 Å². The highest BCUT2D eigenvalue weighted by Gasteiger charge is 2.26. The van der Waals surface area contributed by atoms with Crippen molar-refractivity contribution in [2.45, 2.75) is 26.3 Å². The van der Waals surface area contributed by atoms with Crippen LogP contribution in [0.25, 0.3) is 0 Å². The van der Waals surface area contributed by atoms with Crippen LogP contribution in [0.3, 0.4) is 0 Å². The Morgan fingerprint density at radius 1 is 1.42 bits per heavy atom. The van der Waals surface area contributed by atoms with Crippen molar-refractivity contribution in [3.05, 3.63) is 28.2 Å². The number of aldehydes is 1. The highest BCUT2D eigenvalue weighted by molar-refractivity contribution is 9.10. The molecular weight excluding hydrogens is 304 g/mol. The second-order valence-electron chi connectivity index (χ2n) is 4.93. The largest absolute Gasteiger partial charge is 0.370 e. The van der Waals surface area contributed by atoms with Gasteiger partial charge in [0.25, 0.3) is 0 Å². The highest BCUT2D eigenvalue weighted by atomic mass is 79.9. The summed E-state index contributed by atoms with van der Waals surface area (Å²) in [5, 5.41) is 0. The Labute approximate surface area is 123 Å². The predicted molar refractivity (Wildman–Crippen MR) is 83.1 cm³/mol. The first kappa shape index (κ1) is 14.5. The van der Waals surface area contributed by atoms with E-state index in [2.05, 4.69) is 39.6 Å². The van der Waals surface area contributed by atoms with E-state index in [1.54, 1.807) is 0 Å². The van der Waals surface area contributed by atoms with Gasteiger partial charge in [0.05, 0.1) is 0 Å². The van der Waals surface area contributed by atoms with Crippen molar-refractivity contribution < 1.29 is 4.79 Å². The number of anilines is 1. The van der Waals surface area contributed by atoms with Gasteiger partial charge in [-0.3, -0.25) is 9.69 Å². The number of nitrogens with zero attached hydrogens (tertiary/aromatic N) is 2. The summed E-state index contributed by atoms with van der Waals surface area (Å²) in [5.41, 5.74) is 1.91. The third-order valence-corrected chi connectivity index (χ3v) is 4.66. The zero-order valence-electron chi connectivity index (χ0n) is 11.6. The predicted octanol–water partition coefficient (Wildman–Crippen LogP) is 3.18. The van der Waals surface area contributed by atoms with Crippen molar-refractivity contribution in [3.8, 4) is 0 Å². The maximum Gasteiger partial charge on any atom is 0.151 e. The van der Waals surface area contributed by atoms with E-state index in [4.69, 9.17) is 0 Å². The van der Waals surface area contributed by atoms with Crippen molar-refractivity contribution in [1.29, 1.82) is 0 Å². The van der Waals surface area contributed by atoms with Crippen molar-refractivity contribution in [2.75, 3.05) is 31.1 Å². The van der Waals surface area contributed by atoms with Crippen LogP contribution in [-0.4, -0.2) is 43.4 Å². The molecule has 0 N–H and O–H groups in total. The highest BCUT2D eigenvalue weighted by Crippen LogP contribution is 2.27. The molecule has 0 spiro atoms. The van der Waals surface area contributed by atoms with Crippen LogP contribution < -0.4 is 4.90 Å². The van der Waals surface area contributed by atoms with Crippen LogP contribution >= 0.6 is 15.9 Å². The molecule has 0 amide bonds. The van der Waals surface area contributed by atoms with Crippen LogP contribution in [0.15, 0.2) is 22.7 Å². The smallest absolute Gasteiger partial charge is 0.151 e. The standard InChI is InChI=1S/C15H21BrN2O/c1-3-17(4-2)14-7-8-18(10-14)13-6-5-12(11-19)15(16)9-13/h5-6,9,11,14H,3-4,7-8,10H2,1-2H3. The molecule has 1 aliphatic rings. The van der Waals surface area contributed by atoms with Gasteiger partial charge >= 0.3 is 0 Å². The van der Waals surface area contributed by atoms with Crippen LogP contribution in [0.4, 0.5) is 5.69 Å². The molecule has 1 fully saturated rings. The maximum atomic E-state index is 10.8. The van der Waals surface area contributed by atoms with Gasteiger partial charge in [-0.25, -0.2) is 0 Å². The van der Waals surface area contributed by atoms with E-state index in [0.29, 0.717) is 11.6 Å². The summed E-state index contributed by atoms with van der Waals surface area (Å²) >= 11 is 3.46. The molecule has 1 unspecified atom stereocenters. The number of benzene rings is 1. The molecular formula is C15H21BrN2O. The van der Waals surface area contributed by atoms with Gasteiger partial charge in [0.1, 0.15) is 0 Å². The molecule has 0 aliphatic carbocycles. The number of carbonyl (C=O) groups is 1. The first-order valence-corrected chi connectivity index (χ1v) is 7.72. The summed E-state index contributed by atoms with van der Waals surface area (Å²) < 4.78 is 0.881. The Hall–Kier alpha value is -0.870. The van der Waals surface area contributed by atoms with E-state index in [1.165, 1.54) is 12.1 Å². The summed E-state index contributed by atoms with van der Waals surface area (Å²) in [5.74, 6) is 0. The lowest BCUT2D eigenvalue weighted by atomic mass is 10.2. The molecule has 1 atom stereocenters. The number of carbonyl (C=O) groups excluding carboxylic acids is 1. The van der Waals surface area contributed by atoms with Crippen molar-refractivity contribution in [2.24, 2.45) is 0 Å². The van der Waals surface area contributed by atoms with Gasteiger partial charge in [-0.1, -0.05) is 13.8 Å². The average molecular weight is 325 g/mol. The average Bonchev–Trinajstić information content (AvgIpc) is 2.90. The molecule has 1 aromatic rings. The summed E-state index contributed by atoms with van der Waals surface area (Å²) in [6.45, 7) is 8.84. The lowest BCUT2D eigenvalue weighted by Crippen LogP contribution is -2.37. The van der Waals surface area contributed by atoms with Crippen LogP contribution in [0, 0.1) is 0 Å². The quantitative estimate of drug-likeness (QED) is 0.777. The van der Waals surface area contributed by atoms with Crippen LogP contribution in [0.5, 0.6) is 0 Å². The minimum atomic E-state index is 0.652. The summed E-state index contributed by atoms with van der Waals surface area (Å²) in [6, 6.07) is 6.63. The number of likely N-dealkylation sites (N-methyl/N-ethyl adjacent to an activating group) is 1. The molecule has 19 heavy (non-hydrogen) atoms. The Balaban J connectivity index is 2.08. The van der Waals surface area contributed by atoms with Gasteiger partial charge in [-0.15, -0.1) is 0 Å². The topological polar surface area (TPSA) is 23.6 Å². The van der Waals surface area contributed by atoms with Gasteiger partial charge in [-0.2, -0.15) is 0 Å². The van der Waals surface area contributed by atoms with Gasteiger partial charge in [0, 0.05) is 34.9 Å². The van der Waals surface area contributed by atoms with E-state index in [-0.39, 0.29) is 0 Å². The molecule has 0 saturated carbocycles. The molecule has 0 bridgehead atoms. The normalized spacial score (nSPS) is 19.2. The van der Waals surface area contributed by atoms with Crippen molar-refractivity contribution >= 4 is 27.9 Å². The monoisotopic (exact) mass is 324 g/mol. The first-order chi connectivity index (χ1) is 9.19. The Morgan fingerprint density at radius 3 is 2.74 bits per heavy atom. The molecule has 1 aliphatic heterocycles. The minimum absolute atomic E-state index is 0.652. The van der Waals surface area contributed by atoms with E-state index in [1.807, 2.05) is 18.2 Å². The van der Waals surface area contributed by atoms with Crippen LogP contribution in [0.2, 0.25) is 0 Å². The molecule has 3 nitrogen and oxygen atoms in total. The number of rotatable bonds is 5. The third kappa shape index (κ3) is 3.18. The third-order valence-electron chi connectivity index (χ3n) is 3.97.